The van der Waals surface area contributed by atoms with E-state index in [0.717, 1.165) is 13.1 Å². The van der Waals surface area contributed by atoms with Crippen LogP contribution in [0.1, 0.15) is 29.9 Å². The summed E-state index contributed by atoms with van der Waals surface area (Å²) in [4.78, 5) is 0. The third-order valence-corrected chi connectivity index (χ3v) is 3.14. The number of nitrogens with one attached hydrogen (secondary N) is 1. The van der Waals surface area contributed by atoms with E-state index in [2.05, 4.69) is 5.32 Å². The molecule has 1 N–H and O–H groups in total. The maximum atomic E-state index is 13.4. The van der Waals surface area contributed by atoms with Crippen LogP contribution in [0.2, 0.25) is 0 Å². The first kappa shape index (κ1) is 11.6. The molecular weight excluding hydrogens is 205 g/mol. The van der Waals surface area contributed by atoms with Gasteiger partial charge in [0.15, 0.2) is 0 Å². The summed E-state index contributed by atoms with van der Waals surface area (Å²) in [7, 11) is 1.59. The molecule has 0 saturated carbocycles. The highest BCUT2D eigenvalue weighted by molar-refractivity contribution is 5.28. The fraction of sp³-hybridized carbons (Fsp3) is 0.538. The van der Waals surface area contributed by atoms with Crippen LogP contribution in [0, 0.1) is 5.82 Å². The van der Waals surface area contributed by atoms with Gasteiger partial charge >= 0.3 is 0 Å². The number of hydrogen-bond donors (Lipinski definition) is 1. The van der Waals surface area contributed by atoms with E-state index in [0.29, 0.717) is 18.1 Å². The van der Waals surface area contributed by atoms with Crippen LogP contribution in [0.4, 0.5) is 4.39 Å². The molecule has 1 fully saturated rings. The molecule has 1 aromatic rings. The van der Waals surface area contributed by atoms with Crippen molar-refractivity contribution in [1.82, 2.24) is 5.32 Å². The fourth-order valence-electron chi connectivity index (χ4n) is 2.25. The third kappa shape index (κ3) is 2.60. The molecule has 3 heteroatoms. The van der Waals surface area contributed by atoms with Gasteiger partial charge in [-0.15, -0.1) is 0 Å². The lowest BCUT2D eigenvalue weighted by molar-refractivity contribution is 0.181. The van der Waals surface area contributed by atoms with Gasteiger partial charge in [-0.3, -0.25) is 0 Å². The molecule has 0 radical (unpaired) electrons. The van der Waals surface area contributed by atoms with Crippen molar-refractivity contribution in [3.05, 3.63) is 35.1 Å². The van der Waals surface area contributed by atoms with E-state index < -0.39 is 0 Å². The molecule has 16 heavy (non-hydrogen) atoms. The largest absolute Gasteiger partial charge is 0.380 e. The first-order valence-corrected chi connectivity index (χ1v) is 5.79. The molecule has 1 unspecified atom stereocenters. The summed E-state index contributed by atoms with van der Waals surface area (Å²) < 4.78 is 18.4. The lowest BCUT2D eigenvalue weighted by Gasteiger charge is -2.23. The van der Waals surface area contributed by atoms with E-state index in [-0.39, 0.29) is 5.82 Å². The van der Waals surface area contributed by atoms with Crippen molar-refractivity contribution in [1.29, 1.82) is 0 Å². The number of rotatable bonds is 3. The number of ether oxygens (including phenoxy) is 1. The Bertz CT molecular complexity index is 348. The fourth-order valence-corrected chi connectivity index (χ4v) is 2.25. The zero-order valence-electron chi connectivity index (χ0n) is 9.63. The Labute approximate surface area is 95.8 Å². The molecule has 2 rings (SSSR count). The molecule has 0 aliphatic carbocycles. The zero-order chi connectivity index (χ0) is 11.4. The third-order valence-electron chi connectivity index (χ3n) is 3.14. The molecule has 1 aromatic carbocycles. The monoisotopic (exact) mass is 223 g/mol. The van der Waals surface area contributed by atoms with E-state index in [1.807, 2.05) is 12.1 Å². The van der Waals surface area contributed by atoms with E-state index >= 15 is 0 Å². The Balaban J connectivity index is 2.17. The number of benzene rings is 1. The van der Waals surface area contributed by atoms with E-state index in [1.54, 1.807) is 13.2 Å². The van der Waals surface area contributed by atoms with Crippen LogP contribution in [-0.4, -0.2) is 20.2 Å². The van der Waals surface area contributed by atoms with Crippen molar-refractivity contribution >= 4 is 0 Å². The summed E-state index contributed by atoms with van der Waals surface area (Å²) in [5, 5.41) is 3.37. The van der Waals surface area contributed by atoms with Gasteiger partial charge in [-0.1, -0.05) is 12.1 Å². The molecule has 1 heterocycles. The minimum absolute atomic E-state index is 0.172. The molecule has 1 aliphatic heterocycles. The van der Waals surface area contributed by atoms with Crippen LogP contribution in [-0.2, 0) is 11.3 Å². The topological polar surface area (TPSA) is 21.3 Å². The molecule has 0 amide bonds. The highest BCUT2D eigenvalue weighted by Gasteiger charge is 2.16. The maximum absolute atomic E-state index is 13.4. The Kier molecular flexibility index (Phi) is 3.91. The van der Waals surface area contributed by atoms with Gasteiger partial charge in [0.05, 0.1) is 6.61 Å². The average molecular weight is 223 g/mol. The lowest BCUT2D eigenvalue weighted by atomic mass is 9.90. The highest BCUT2D eigenvalue weighted by Crippen LogP contribution is 2.25. The normalized spacial score (nSPS) is 21.0. The number of hydrogen-bond acceptors (Lipinski definition) is 2. The first-order valence-electron chi connectivity index (χ1n) is 5.79. The van der Waals surface area contributed by atoms with Crippen molar-refractivity contribution in [3.8, 4) is 0 Å². The summed E-state index contributed by atoms with van der Waals surface area (Å²) in [5.74, 6) is 0.347. The Morgan fingerprint density at radius 2 is 2.38 bits per heavy atom. The quantitative estimate of drug-likeness (QED) is 0.849. The maximum Gasteiger partial charge on any atom is 0.128 e. The van der Waals surface area contributed by atoms with Crippen molar-refractivity contribution < 1.29 is 9.13 Å². The molecule has 88 valence electrons. The predicted octanol–water partition coefficient (Wildman–Crippen LogP) is 2.44. The van der Waals surface area contributed by atoms with Gasteiger partial charge in [-0.2, -0.15) is 0 Å². The second-order valence-corrected chi connectivity index (χ2v) is 4.33. The molecule has 1 aliphatic rings. The van der Waals surface area contributed by atoms with Crippen LogP contribution in [0.5, 0.6) is 0 Å². The second kappa shape index (κ2) is 5.41. The average Bonchev–Trinajstić information content (AvgIpc) is 2.33. The number of halogens is 1. The van der Waals surface area contributed by atoms with E-state index in [9.17, 15) is 4.39 Å². The molecule has 2 nitrogen and oxygen atoms in total. The van der Waals surface area contributed by atoms with Crippen LogP contribution >= 0.6 is 0 Å². The van der Waals surface area contributed by atoms with E-state index in [4.69, 9.17) is 4.74 Å². The summed E-state index contributed by atoms with van der Waals surface area (Å²) in [6, 6.07) is 5.39. The molecule has 1 saturated heterocycles. The molecule has 0 spiro atoms. The smallest absolute Gasteiger partial charge is 0.128 e. The van der Waals surface area contributed by atoms with Gasteiger partial charge in [-0.25, -0.2) is 4.39 Å². The first-order chi connectivity index (χ1) is 7.81. The van der Waals surface area contributed by atoms with Gasteiger partial charge in [0, 0.05) is 19.2 Å². The molecule has 1 atom stereocenters. The standard InChI is InChI=1S/C13H18FNO/c1-16-9-12-7-10(4-5-13(12)14)11-3-2-6-15-8-11/h4-5,7,11,15H,2-3,6,8-9H2,1H3. The second-order valence-electron chi connectivity index (χ2n) is 4.33. The van der Waals surface area contributed by atoms with Gasteiger partial charge in [0.25, 0.3) is 0 Å². The number of piperidine rings is 1. The summed E-state index contributed by atoms with van der Waals surface area (Å²) in [6.45, 7) is 2.44. The summed E-state index contributed by atoms with van der Waals surface area (Å²) >= 11 is 0. The van der Waals surface area contributed by atoms with Gasteiger partial charge in [-0.05, 0) is 36.9 Å². The lowest BCUT2D eigenvalue weighted by Crippen LogP contribution is -2.28. The predicted molar refractivity (Wildman–Crippen MR) is 62.0 cm³/mol. The zero-order valence-corrected chi connectivity index (χ0v) is 9.63. The van der Waals surface area contributed by atoms with Crippen molar-refractivity contribution in [2.45, 2.75) is 25.4 Å². The Hall–Kier alpha value is -0.930. The van der Waals surface area contributed by atoms with Crippen molar-refractivity contribution in [3.63, 3.8) is 0 Å². The SMILES string of the molecule is COCc1cc(C2CCCNC2)ccc1F. The van der Waals surface area contributed by atoms with Crippen LogP contribution in [0.15, 0.2) is 18.2 Å². The minimum atomic E-state index is -0.172. The molecular formula is C13H18FNO. The van der Waals surface area contributed by atoms with Gasteiger partial charge < -0.3 is 10.1 Å². The molecule has 0 bridgehead atoms. The Morgan fingerprint density at radius 3 is 3.06 bits per heavy atom. The van der Waals surface area contributed by atoms with Gasteiger partial charge in [0.1, 0.15) is 5.82 Å². The summed E-state index contributed by atoms with van der Waals surface area (Å²) in [5.41, 5.74) is 1.88. The number of methoxy groups -OCH3 is 1. The van der Waals surface area contributed by atoms with Crippen molar-refractivity contribution in [2.75, 3.05) is 20.2 Å². The van der Waals surface area contributed by atoms with Crippen molar-refractivity contribution in [2.24, 2.45) is 0 Å². The van der Waals surface area contributed by atoms with Crippen LogP contribution < -0.4 is 5.32 Å². The summed E-state index contributed by atoms with van der Waals surface area (Å²) in [6.07, 6.45) is 2.38. The molecule has 0 aromatic heterocycles. The van der Waals surface area contributed by atoms with Gasteiger partial charge in [0.2, 0.25) is 0 Å². The minimum Gasteiger partial charge on any atom is -0.380 e. The van der Waals surface area contributed by atoms with Crippen LogP contribution in [0.3, 0.4) is 0 Å². The Morgan fingerprint density at radius 1 is 1.50 bits per heavy atom. The van der Waals surface area contributed by atoms with Crippen LogP contribution in [0.25, 0.3) is 0 Å². The van der Waals surface area contributed by atoms with E-state index in [1.165, 1.54) is 18.4 Å². The highest BCUT2D eigenvalue weighted by atomic mass is 19.1.